The number of fused-ring (bicyclic) bond motifs is 6. The number of allylic oxidation sites excluding steroid dienone is 2. The molecule has 44 heavy (non-hydrogen) atoms. The molecule has 1 aromatic heterocycles. The highest BCUT2D eigenvalue weighted by Gasteiger charge is 2.71. The Kier molecular flexibility index (Phi) is 7.96. The number of furan rings is 1. The van der Waals surface area contributed by atoms with Crippen LogP contribution in [0.2, 0.25) is 0 Å². The molecule has 2 saturated carbocycles. The highest BCUT2D eigenvalue weighted by atomic mass is 16.6. The molecule has 10 nitrogen and oxygen atoms in total. The van der Waals surface area contributed by atoms with Gasteiger partial charge < -0.3 is 23.4 Å². The SMILES string of the molecule is CC=C(C)C(=O)O[C@@H]1[C@@H]2C=C3[C@@H]4CC(=O)O[C@@H](c5ccoc5)[C@]4(C)CC[C@@H]3[C@@](C)(C2=O)[C@@H]([C@@H](OC(C)=O)C(=O)OC)C1(C)C. The molecule has 3 aliphatic carbocycles. The predicted octanol–water partition coefficient (Wildman–Crippen LogP) is 5.07. The Bertz CT molecular complexity index is 1430. The Labute approximate surface area is 257 Å². The van der Waals surface area contributed by atoms with Crippen LogP contribution in [0.3, 0.4) is 0 Å². The summed E-state index contributed by atoms with van der Waals surface area (Å²) in [6.45, 7) is 12.2. The number of hydrogen-bond acceptors (Lipinski definition) is 10. The molecule has 3 fully saturated rings. The second kappa shape index (κ2) is 11.0. The van der Waals surface area contributed by atoms with Gasteiger partial charge in [0.1, 0.15) is 18.0 Å². The van der Waals surface area contributed by atoms with Crippen molar-refractivity contribution >= 4 is 29.7 Å². The minimum Gasteiger partial charge on any atom is -0.472 e. The minimum absolute atomic E-state index is 0.116. The number of ether oxygens (including phenoxy) is 4. The monoisotopic (exact) mass is 610 g/mol. The Morgan fingerprint density at radius 2 is 1.80 bits per heavy atom. The van der Waals surface area contributed by atoms with E-state index in [1.807, 2.05) is 26.8 Å². The van der Waals surface area contributed by atoms with E-state index in [0.29, 0.717) is 18.4 Å². The zero-order valence-electron chi connectivity index (χ0n) is 26.6. The van der Waals surface area contributed by atoms with Crippen LogP contribution in [0.4, 0.5) is 0 Å². The lowest BCUT2D eigenvalue weighted by molar-refractivity contribution is -0.214. The van der Waals surface area contributed by atoms with E-state index >= 15 is 0 Å². The maximum Gasteiger partial charge on any atom is 0.347 e. The summed E-state index contributed by atoms with van der Waals surface area (Å²) >= 11 is 0. The first kappa shape index (κ1) is 31.7. The van der Waals surface area contributed by atoms with E-state index in [0.717, 1.165) is 11.1 Å². The van der Waals surface area contributed by atoms with Gasteiger partial charge in [0.15, 0.2) is 0 Å². The third kappa shape index (κ3) is 4.63. The van der Waals surface area contributed by atoms with Crippen LogP contribution in [0.5, 0.6) is 0 Å². The number of hydrogen-bond donors (Lipinski definition) is 0. The molecular formula is C34H42O10. The van der Waals surface area contributed by atoms with Crippen LogP contribution in [0.1, 0.15) is 79.4 Å². The average molecular weight is 611 g/mol. The fourth-order valence-electron chi connectivity index (χ4n) is 8.94. The maximum atomic E-state index is 14.7. The van der Waals surface area contributed by atoms with E-state index in [1.165, 1.54) is 14.0 Å². The Balaban J connectivity index is 1.72. The molecule has 4 aliphatic rings. The van der Waals surface area contributed by atoms with Crippen molar-refractivity contribution in [3.63, 3.8) is 0 Å². The van der Waals surface area contributed by atoms with Gasteiger partial charge in [-0.05, 0) is 44.6 Å². The fourth-order valence-corrected chi connectivity index (χ4v) is 8.94. The summed E-state index contributed by atoms with van der Waals surface area (Å²) < 4.78 is 28.2. The molecule has 1 saturated heterocycles. The third-order valence-electron chi connectivity index (χ3n) is 11.1. The highest BCUT2D eigenvalue weighted by Crippen LogP contribution is 2.68. The Hall–Kier alpha value is -3.69. The van der Waals surface area contributed by atoms with E-state index in [1.54, 1.807) is 38.5 Å². The predicted molar refractivity (Wildman–Crippen MR) is 155 cm³/mol. The van der Waals surface area contributed by atoms with Crippen molar-refractivity contribution in [1.82, 2.24) is 0 Å². The molecule has 2 bridgehead atoms. The number of esters is 4. The molecule has 0 unspecified atom stereocenters. The zero-order valence-corrected chi connectivity index (χ0v) is 26.6. The van der Waals surface area contributed by atoms with E-state index in [4.69, 9.17) is 23.4 Å². The van der Waals surface area contributed by atoms with Crippen LogP contribution in [0.25, 0.3) is 0 Å². The number of carbonyl (C=O) groups is 5. The van der Waals surface area contributed by atoms with E-state index < -0.39 is 64.3 Å². The number of Topliss-reactive ketones (excluding diaryl/α,β-unsaturated/α-hetero) is 1. The number of carbonyl (C=O) groups excluding carboxylic acids is 5. The van der Waals surface area contributed by atoms with E-state index in [2.05, 4.69) is 6.92 Å². The second-order valence-corrected chi connectivity index (χ2v) is 13.8. The van der Waals surface area contributed by atoms with Crippen molar-refractivity contribution < 1.29 is 47.3 Å². The number of rotatable bonds is 6. The van der Waals surface area contributed by atoms with Gasteiger partial charge in [0.2, 0.25) is 6.10 Å². The van der Waals surface area contributed by atoms with Gasteiger partial charge in [0, 0.05) is 40.2 Å². The number of cyclic esters (lactones) is 1. The van der Waals surface area contributed by atoms with E-state index in [9.17, 15) is 24.0 Å². The van der Waals surface area contributed by atoms with Crippen molar-refractivity contribution in [1.29, 1.82) is 0 Å². The van der Waals surface area contributed by atoms with Crippen molar-refractivity contribution in [2.24, 2.45) is 39.9 Å². The molecule has 0 N–H and O–H groups in total. The maximum absolute atomic E-state index is 14.7. The molecule has 0 aromatic carbocycles. The third-order valence-corrected chi connectivity index (χ3v) is 11.1. The minimum atomic E-state index is -1.44. The average Bonchev–Trinajstić information content (AvgIpc) is 3.50. The standard InChI is InChI=1S/C34H42O10/c1-9-17(2)30(38)44-29-21-14-20-22(10-12-33(6)23(20)15-24(36)43-28(33)19-11-13-41-16-19)34(7,27(21)37)26(32(29,4)5)25(31(39)40-8)42-18(3)35/h9,11,13-14,16,21-23,25-26,28-29H,10,12,15H2,1-8H3/t21-,22+,23+,25-,26+,28+,29-,33-,34-/m1/s1. The lowest BCUT2D eigenvalue weighted by atomic mass is 9.40. The summed E-state index contributed by atoms with van der Waals surface area (Å²) in [4.78, 5) is 66.9. The normalized spacial score (nSPS) is 36.5. The van der Waals surface area contributed by atoms with Crippen LogP contribution < -0.4 is 0 Å². The molecule has 5 rings (SSSR count). The second-order valence-electron chi connectivity index (χ2n) is 13.8. The molecule has 0 radical (unpaired) electrons. The molecule has 1 aliphatic heterocycles. The smallest absolute Gasteiger partial charge is 0.347 e. The van der Waals surface area contributed by atoms with Crippen LogP contribution >= 0.6 is 0 Å². The summed E-state index contributed by atoms with van der Waals surface area (Å²) in [5, 5.41) is 0. The summed E-state index contributed by atoms with van der Waals surface area (Å²) in [5.74, 6) is -5.07. The van der Waals surface area contributed by atoms with Crippen LogP contribution in [0, 0.1) is 39.9 Å². The van der Waals surface area contributed by atoms with Crippen molar-refractivity contribution in [3.05, 3.63) is 47.5 Å². The van der Waals surface area contributed by atoms with Gasteiger partial charge in [0.25, 0.3) is 0 Å². The van der Waals surface area contributed by atoms with Gasteiger partial charge in [-0.1, -0.05) is 45.4 Å². The topological polar surface area (TPSA) is 135 Å². The first-order valence-corrected chi connectivity index (χ1v) is 15.2. The Morgan fingerprint density at radius 1 is 1.09 bits per heavy atom. The number of ketones is 1. The van der Waals surface area contributed by atoms with E-state index in [-0.39, 0.29) is 30.0 Å². The van der Waals surface area contributed by atoms with Gasteiger partial charge in [-0.15, -0.1) is 0 Å². The molecule has 1 aromatic rings. The largest absolute Gasteiger partial charge is 0.472 e. The van der Waals surface area contributed by atoms with Crippen LogP contribution in [0.15, 0.2) is 46.3 Å². The molecule has 9 atom stereocenters. The van der Waals surface area contributed by atoms with Crippen LogP contribution in [-0.2, 0) is 42.9 Å². The van der Waals surface area contributed by atoms with Crippen molar-refractivity contribution in [2.45, 2.75) is 86.0 Å². The summed E-state index contributed by atoms with van der Waals surface area (Å²) in [7, 11) is 1.20. The lowest BCUT2D eigenvalue weighted by Gasteiger charge is -2.64. The quantitative estimate of drug-likeness (QED) is 0.186. The first-order chi connectivity index (χ1) is 20.6. The molecule has 2 heterocycles. The summed E-state index contributed by atoms with van der Waals surface area (Å²) in [5.41, 5.74) is -0.727. The summed E-state index contributed by atoms with van der Waals surface area (Å²) in [6.07, 6.45) is 4.99. The van der Waals surface area contributed by atoms with Crippen molar-refractivity contribution in [3.8, 4) is 0 Å². The fraction of sp³-hybridized carbons (Fsp3) is 0.618. The van der Waals surface area contributed by atoms with Gasteiger partial charge in [-0.25, -0.2) is 9.59 Å². The highest BCUT2D eigenvalue weighted by molar-refractivity contribution is 5.95. The molecule has 10 heteroatoms. The van der Waals surface area contributed by atoms with Gasteiger partial charge in [0.05, 0.1) is 32.0 Å². The van der Waals surface area contributed by atoms with Crippen LogP contribution in [-0.4, -0.2) is 49.0 Å². The van der Waals surface area contributed by atoms with Gasteiger partial charge in [-0.2, -0.15) is 0 Å². The Morgan fingerprint density at radius 3 is 2.39 bits per heavy atom. The first-order valence-electron chi connectivity index (χ1n) is 15.2. The zero-order chi connectivity index (χ0) is 32.4. The van der Waals surface area contributed by atoms with Gasteiger partial charge >= 0.3 is 23.9 Å². The lowest BCUT2D eigenvalue weighted by Crippen LogP contribution is -2.69. The van der Waals surface area contributed by atoms with Gasteiger partial charge in [-0.3, -0.25) is 14.4 Å². The molecule has 238 valence electrons. The summed E-state index contributed by atoms with van der Waals surface area (Å²) in [6, 6.07) is 1.80. The van der Waals surface area contributed by atoms with Crippen molar-refractivity contribution in [2.75, 3.05) is 7.11 Å². The number of methoxy groups -OCH3 is 1. The molecule has 0 amide bonds. The molecular weight excluding hydrogens is 568 g/mol. The molecule has 0 spiro atoms.